The number of amides is 1. The summed E-state index contributed by atoms with van der Waals surface area (Å²) in [4.78, 5) is 16.7. The molecule has 0 N–H and O–H groups in total. The van der Waals surface area contributed by atoms with Gasteiger partial charge in [-0.05, 0) is 46.1 Å². The van der Waals surface area contributed by atoms with Crippen LogP contribution in [0.1, 0.15) is 40.0 Å². The van der Waals surface area contributed by atoms with Crippen molar-refractivity contribution >= 4 is 6.09 Å². The highest BCUT2D eigenvalue weighted by molar-refractivity contribution is 5.69. The van der Waals surface area contributed by atoms with Crippen molar-refractivity contribution in [1.82, 2.24) is 9.80 Å². The van der Waals surface area contributed by atoms with Crippen LogP contribution in [0.2, 0.25) is 0 Å². The zero-order valence-corrected chi connectivity index (χ0v) is 15.2. The van der Waals surface area contributed by atoms with Crippen LogP contribution >= 0.6 is 0 Å². The highest BCUT2D eigenvalue weighted by Gasteiger charge is 2.62. The first-order valence-corrected chi connectivity index (χ1v) is 9.28. The first-order chi connectivity index (χ1) is 11.3. The van der Waals surface area contributed by atoms with Gasteiger partial charge in [-0.1, -0.05) is 0 Å². The molecule has 0 aromatic carbocycles. The van der Waals surface area contributed by atoms with E-state index in [1.807, 2.05) is 25.7 Å². The van der Waals surface area contributed by atoms with Gasteiger partial charge in [-0.2, -0.15) is 0 Å². The molecule has 3 aliphatic heterocycles. The van der Waals surface area contributed by atoms with Crippen molar-refractivity contribution in [2.75, 3.05) is 45.9 Å². The van der Waals surface area contributed by atoms with E-state index >= 15 is 0 Å². The highest BCUT2D eigenvalue weighted by Crippen LogP contribution is 2.58. The van der Waals surface area contributed by atoms with E-state index in [-0.39, 0.29) is 17.3 Å². The minimum Gasteiger partial charge on any atom is -0.444 e. The highest BCUT2D eigenvalue weighted by atomic mass is 16.7. The normalized spacial score (nSPS) is 35.3. The third kappa shape index (κ3) is 3.16. The molecule has 0 radical (unpaired) electrons. The van der Waals surface area contributed by atoms with Gasteiger partial charge in [-0.25, -0.2) is 4.79 Å². The number of rotatable bonds is 2. The Morgan fingerprint density at radius 3 is 2.71 bits per heavy atom. The van der Waals surface area contributed by atoms with E-state index in [0.29, 0.717) is 19.1 Å². The van der Waals surface area contributed by atoms with Crippen molar-refractivity contribution in [3.8, 4) is 0 Å². The number of hydrogen-bond donors (Lipinski definition) is 0. The van der Waals surface area contributed by atoms with Gasteiger partial charge < -0.3 is 19.1 Å². The number of hydrogen-bond acceptors (Lipinski definition) is 5. The topological polar surface area (TPSA) is 51.2 Å². The summed E-state index contributed by atoms with van der Waals surface area (Å²) in [6.45, 7) is 11.9. The minimum atomic E-state index is -0.423. The lowest BCUT2D eigenvalue weighted by atomic mass is 10.00. The summed E-state index contributed by atoms with van der Waals surface area (Å²) in [5, 5.41) is 0. The molecule has 0 unspecified atom stereocenters. The van der Waals surface area contributed by atoms with Gasteiger partial charge in [-0.15, -0.1) is 0 Å². The molecule has 3 saturated heterocycles. The first kappa shape index (κ1) is 16.6. The average Bonchev–Trinajstić information content (AvgIpc) is 2.82. The van der Waals surface area contributed by atoms with Crippen LogP contribution in [0.4, 0.5) is 4.79 Å². The Balaban J connectivity index is 1.34. The van der Waals surface area contributed by atoms with E-state index in [4.69, 9.17) is 14.2 Å². The Morgan fingerprint density at radius 2 is 2.00 bits per heavy atom. The number of ether oxygens (including phenoxy) is 3. The van der Waals surface area contributed by atoms with Crippen molar-refractivity contribution < 1.29 is 19.0 Å². The van der Waals surface area contributed by atoms with Gasteiger partial charge in [0, 0.05) is 31.5 Å². The van der Waals surface area contributed by atoms with E-state index < -0.39 is 5.60 Å². The zero-order chi connectivity index (χ0) is 17.0. The molecule has 6 heteroatoms. The smallest absolute Gasteiger partial charge is 0.410 e. The van der Waals surface area contributed by atoms with E-state index in [1.54, 1.807) is 0 Å². The third-order valence-corrected chi connectivity index (χ3v) is 5.81. The number of likely N-dealkylation sites (tertiary alicyclic amines) is 2. The molecule has 0 aromatic heterocycles. The summed E-state index contributed by atoms with van der Waals surface area (Å²) in [5.74, 6) is 0.274. The lowest BCUT2D eigenvalue weighted by Crippen LogP contribution is -2.51. The average molecular weight is 338 g/mol. The van der Waals surface area contributed by atoms with Crippen LogP contribution in [-0.4, -0.2) is 73.2 Å². The summed E-state index contributed by atoms with van der Waals surface area (Å²) < 4.78 is 17.3. The monoisotopic (exact) mass is 338 g/mol. The van der Waals surface area contributed by atoms with Crippen molar-refractivity contribution in [3.05, 3.63) is 0 Å². The van der Waals surface area contributed by atoms with Crippen molar-refractivity contribution in [1.29, 1.82) is 0 Å². The predicted molar refractivity (Wildman–Crippen MR) is 88.7 cm³/mol. The zero-order valence-electron chi connectivity index (χ0n) is 15.2. The maximum absolute atomic E-state index is 12.3. The molecule has 1 saturated carbocycles. The summed E-state index contributed by atoms with van der Waals surface area (Å²) in [6, 6.07) is 0. The Bertz CT molecular complexity index is 512. The second kappa shape index (κ2) is 5.58. The quantitative estimate of drug-likeness (QED) is 0.772. The molecule has 1 aliphatic carbocycles. The molecular weight excluding hydrogens is 308 g/mol. The first-order valence-electron chi connectivity index (χ1n) is 9.28. The maximum atomic E-state index is 12.3. The van der Waals surface area contributed by atoms with Gasteiger partial charge in [-0.3, -0.25) is 4.90 Å². The molecule has 6 nitrogen and oxygen atoms in total. The molecule has 4 aliphatic rings. The molecule has 2 atom stereocenters. The van der Waals surface area contributed by atoms with Gasteiger partial charge in [0.15, 0.2) is 5.79 Å². The molecule has 4 rings (SSSR count). The molecule has 0 aromatic rings. The van der Waals surface area contributed by atoms with Crippen LogP contribution in [-0.2, 0) is 14.2 Å². The molecule has 136 valence electrons. The second-order valence-electron chi connectivity index (χ2n) is 9.05. The van der Waals surface area contributed by atoms with E-state index in [0.717, 1.165) is 45.6 Å². The van der Waals surface area contributed by atoms with Crippen molar-refractivity contribution in [3.63, 3.8) is 0 Å². The van der Waals surface area contributed by atoms with Crippen LogP contribution in [0.3, 0.4) is 0 Å². The number of carbonyl (C=O) groups is 1. The second-order valence-corrected chi connectivity index (χ2v) is 9.05. The van der Waals surface area contributed by atoms with Crippen LogP contribution in [0.25, 0.3) is 0 Å². The summed E-state index contributed by atoms with van der Waals surface area (Å²) >= 11 is 0. The SMILES string of the molecule is CC(C)(C)OC(=O)N1C[C@@H]2C[C@]2(CN2CCCC3(C2)OCCO3)C1. The largest absolute Gasteiger partial charge is 0.444 e. The molecule has 4 fully saturated rings. The number of carbonyl (C=O) groups excluding carboxylic acids is 1. The van der Waals surface area contributed by atoms with Crippen molar-refractivity contribution in [2.24, 2.45) is 11.3 Å². The molecule has 3 heterocycles. The van der Waals surface area contributed by atoms with Crippen LogP contribution < -0.4 is 0 Å². The molecule has 0 bridgehead atoms. The van der Waals surface area contributed by atoms with Gasteiger partial charge in [0.2, 0.25) is 0 Å². The van der Waals surface area contributed by atoms with E-state index in [1.165, 1.54) is 6.42 Å². The fourth-order valence-corrected chi connectivity index (χ4v) is 4.69. The van der Waals surface area contributed by atoms with Gasteiger partial charge in [0.1, 0.15) is 5.60 Å². The Kier molecular flexibility index (Phi) is 3.86. The lowest BCUT2D eigenvalue weighted by molar-refractivity contribution is -0.190. The molecule has 1 spiro atoms. The molecule has 24 heavy (non-hydrogen) atoms. The fraction of sp³-hybridized carbons (Fsp3) is 0.944. The van der Waals surface area contributed by atoms with Crippen LogP contribution in [0, 0.1) is 11.3 Å². The summed E-state index contributed by atoms with van der Waals surface area (Å²) in [5.41, 5.74) is -0.151. The number of nitrogens with zero attached hydrogens (tertiary/aromatic N) is 2. The Morgan fingerprint density at radius 1 is 1.25 bits per heavy atom. The van der Waals surface area contributed by atoms with Crippen LogP contribution in [0.15, 0.2) is 0 Å². The minimum absolute atomic E-state index is 0.161. The predicted octanol–water partition coefficient (Wildman–Crippen LogP) is 2.08. The molecule has 1 amide bonds. The number of fused-ring (bicyclic) bond motifs is 1. The maximum Gasteiger partial charge on any atom is 0.410 e. The fourth-order valence-electron chi connectivity index (χ4n) is 4.69. The Labute approximate surface area is 144 Å². The third-order valence-electron chi connectivity index (χ3n) is 5.81. The number of piperidine rings is 2. The summed E-state index contributed by atoms with van der Waals surface area (Å²) in [6.07, 6.45) is 3.20. The molecular formula is C18H30N2O4. The Hall–Kier alpha value is -0.850. The standard InChI is InChI=1S/C18H30N2O4/c1-16(2,3)24-15(21)20-10-14-9-17(14,12-20)11-19-6-4-5-18(13-19)22-7-8-23-18/h14H,4-13H2,1-3H3/t14-,17-/m0/s1. The van der Waals surface area contributed by atoms with E-state index in [2.05, 4.69) is 4.90 Å². The van der Waals surface area contributed by atoms with Gasteiger partial charge in [0.05, 0.1) is 19.8 Å². The van der Waals surface area contributed by atoms with Crippen molar-refractivity contribution in [2.45, 2.75) is 51.4 Å². The lowest BCUT2D eigenvalue weighted by Gasteiger charge is -2.40. The van der Waals surface area contributed by atoms with Gasteiger partial charge >= 0.3 is 6.09 Å². The van der Waals surface area contributed by atoms with Crippen LogP contribution in [0.5, 0.6) is 0 Å². The van der Waals surface area contributed by atoms with E-state index in [9.17, 15) is 4.79 Å². The van der Waals surface area contributed by atoms with Gasteiger partial charge in [0.25, 0.3) is 0 Å². The summed E-state index contributed by atoms with van der Waals surface area (Å²) in [7, 11) is 0.